The van der Waals surface area contributed by atoms with Crippen LogP contribution in [-0.4, -0.2) is 4.98 Å². The lowest BCUT2D eigenvalue weighted by atomic mass is 10.1. The monoisotopic (exact) mass is 331 g/mol. The fourth-order valence-electron chi connectivity index (χ4n) is 1.56. The number of pyridine rings is 1. The zero-order chi connectivity index (χ0) is 13.9. The number of hydrogen-bond donors (Lipinski definition) is 0. The molecule has 0 aliphatic heterocycles. The average molecular weight is 332 g/mol. The molecule has 0 unspecified atom stereocenters. The molecule has 100 valence electrons. The Morgan fingerprint density at radius 2 is 1.89 bits per heavy atom. The minimum atomic E-state index is -4.38. The topological polar surface area (TPSA) is 22.1 Å². The first-order valence-electron chi connectivity index (χ1n) is 5.35. The van der Waals surface area contributed by atoms with Gasteiger partial charge < -0.3 is 4.74 Å². The van der Waals surface area contributed by atoms with Crippen molar-refractivity contribution in [2.45, 2.75) is 12.8 Å². The van der Waals surface area contributed by atoms with Crippen molar-refractivity contribution >= 4 is 15.9 Å². The van der Waals surface area contributed by atoms with Gasteiger partial charge in [-0.05, 0) is 28.1 Å². The molecule has 2 nitrogen and oxygen atoms in total. The summed E-state index contributed by atoms with van der Waals surface area (Å²) in [4.78, 5) is 3.87. The Labute approximate surface area is 116 Å². The molecule has 0 radical (unpaired) electrons. The number of rotatable bonds is 3. The van der Waals surface area contributed by atoms with E-state index in [-0.39, 0.29) is 12.2 Å². The van der Waals surface area contributed by atoms with E-state index in [1.165, 1.54) is 18.3 Å². The predicted octanol–water partition coefficient (Wildman–Crippen LogP) is 4.44. The second-order valence-electron chi connectivity index (χ2n) is 3.78. The van der Waals surface area contributed by atoms with E-state index in [1.807, 2.05) is 0 Å². The van der Waals surface area contributed by atoms with E-state index in [9.17, 15) is 13.2 Å². The van der Waals surface area contributed by atoms with E-state index in [1.54, 1.807) is 18.3 Å². The Morgan fingerprint density at radius 1 is 1.16 bits per heavy atom. The van der Waals surface area contributed by atoms with Gasteiger partial charge in [0.05, 0.1) is 11.8 Å². The Kier molecular flexibility index (Phi) is 4.09. The van der Waals surface area contributed by atoms with E-state index >= 15 is 0 Å². The molecular formula is C13H9BrF3NO. The standard InChI is InChI=1S/C13H9BrF3NO/c14-10-5-11(7-18-6-10)19-8-9-3-1-2-4-12(9)13(15,16)17/h1-7H,8H2. The molecule has 19 heavy (non-hydrogen) atoms. The zero-order valence-corrected chi connectivity index (χ0v) is 11.2. The van der Waals surface area contributed by atoms with Gasteiger partial charge >= 0.3 is 6.18 Å². The lowest BCUT2D eigenvalue weighted by molar-refractivity contribution is -0.138. The van der Waals surface area contributed by atoms with Gasteiger partial charge in [0, 0.05) is 16.2 Å². The molecule has 0 saturated carbocycles. The van der Waals surface area contributed by atoms with Crippen LogP contribution in [0.15, 0.2) is 47.2 Å². The van der Waals surface area contributed by atoms with Gasteiger partial charge in [0.2, 0.25) is 0 Å². The highest BCUT2D eigenvalue weighted by Crippen LogP contribution is 2.32. The highest BCUT2D eigenvalue weighted by molar-refractivity contribution is 9.10. The number of hydrogen-bond acceptors (Lipinski definition) is 2. The van der Waals surface area contributed by atoms with Crippen molar-refractivity contribution in [3.8, 4) is 5.75 Å². The second-order valence-corrected chi connectivity index (χ2v) is 4.70. The summed E-state index contributed by atoms with van der Waals surface area (Å²) in [6.45, 7) is -0.159. The van der Waals surface area contributed by atoms with E-state index in [0.717, 1.165) is 6.07 Å². The van der Waals surface area contributed by atoms with Crippen molar-refractivity contribution in [3.63, 3.8) is 0 Å². The molecule has 0 aliphatic carbocycles. The largest absolute Gasteiger partial charge is 0.487 e. The third kappa shape index (κ3) is 3.70. The van der Waals surface area contributed by atoms with Crippen LogP contribution < -0.4 is 4.74 Å². The van der Waals surface area contributed by atoms with Gasteiger partial charge in [-0.1, -0.05) is 18.2 Å². The molecular weight excluding hydrogens is 323 g/mol. The first-order valence-corrected chi connectivity index (χ1v) is 6.14. The van der Waals surface area contributed by atoms with E-state index in [0.29, 0.717) is 10.2 Å². The summed E-state index contributed by atoms with van der Waals surface area (Å²) in [6, 6.07) is 6.98. The molecule has 0 amide bonds. The molecule has 0 aliphatic rings. The highest BCUT2D eigenvalue weighted by atomic mass is 79.9. The Hall–Kier alpha value is -1.56. The lowest BCUT2D eigenvalue weighted by Crippen LogP contribution is -2.10. The molecule has 0 saturated heterocycles. The molecule has 1 heterocycles. The van der Waals surface area contributed by atoms with Crippen LogP contribution in [0.2, 0.25) is 0 Å². The third-order valence-electron chi connectivity index (χ3n) is 2.40. The summed E-state index contributed by atoms with van der Waals surface area (Å²) in [5.41, 5.74) is -0.590. The molecule has 2 aromatic rings. The summed E-state index contributed by atoms with van der Waals surface area (Å²) in [5, 5.41) is 0. The molecule has 0 atom stereocenters. The van der Waals surface area contributed by atoms with Gasteiger partial charge in [-0.15, -0.1) is 0 Å². The number of ether oxygens (including phenoxy) is 1. The highest BCUT2D eigenvalue weighted by Gasteiger charge is 2.32. The predicted molar refractivity (Wildman–Crippen MR) is 67.7 cm³/mol. The molecule has 0 N–H and O–H groups in total. The van der Waals surface area contributed by atoms with Crippen molar-refractivity contribution in [2.24, 2.45) is 0 Å². The van der Waals surface area contributed by atoms with Crippen molar-refractivity contribution in [1.82, 2.24) is 4.98 Å². The molecule has 1 aromatic heterocycles. The van der Waals surface area contributed by atoms with Crippen molar-refractivity contribution in [3.05, 3.63) is 58.3 Å². The van der Waals surface area contributed by atoms with Crippen LogP contribution in [0.1, 0.15) is 11.1 Å². The van der Waals surface area contributed by atoms with Crippen LogP contribution >= 0.6 is 15.9 Å². The molecule has 6 heteroatoms. The summed E-state index contributed by atoms with van der Waals surface area (Å²) in [7, 11) is 0. The van der Waals surface area contributed by atoms with Crippen LogP contribution in [0, 0.1) is 0 Å². The SMILES string of the molecule is FC(F)(F)c1ccccc1COc1cncc(Br)c1. The minimum Gasteiger partial charge on any atom is -0.487 e. The van der Waals surface area contributed by atoms with Crippen LogP contribution in [0.25, 0.3) is 0 Å². The molecule has 1 aromatic carbocycles. The van der Waals surface area contributed by atoms with E-state index in [4.69, 9.17) is 4.74 Å². The second kappa shape index (κ2) is 5.61. The smallest absolute Gasteiger partial charge is 0.416 e. The zero-order valence-electron chi connectivity index (χ0n) is 9.62. The van der Waals surface area contributed by atoms with E-state index < -0.39 is 11.7 Å². The first kappa shape index (κ1) is 13.9. The number of benzene rings is 1. The maximum absolute atomic E-state index is 12.8. The molecule has 2 rings (SSSR count). The van der Waals surface area contributed by atoms with Crippen LogP contribution in [0.5, 0.6) is 5.75 Å². The van der Waals surface area contributed by atoms with Crippen molar-refractivity contribution < 1.29 is 17.9 Å². The van der Waals surface area contributed by atoms with Gasteiger partial charge in [0.15, 0.2) is 0 Å². The Morgan fingerprint density at radius 3 is 2.58 bits per heavy atom. The lowest BCUT2D eigenvalue weighted by Gasteiger charge is -2.13. The minimum absolute atomic E-state index is 0.0926. The maximum atomic E-state index is 12.8. The Bertz CT molecular complexity index is 572. The van der Waals surface area contributed by atoms with Crippen LogP contribution in [0.4, 0.5) is 13.2 Å². The average Bonchev–Trinajstić information content (AvgIpc) is 2.36. The van der Waals surface area contributed by atoms with Gasteiger partial charge in [0.1, 0.15) is 12.4 Å². The third-order valence-corrected chi connectivity index (χ3v) is 2.83. The number of nitrogens with zero attached hydrogens (tertiary/aromatic N) is 1. The number of aromatic nitrogens is 1. The Balaban J connectivity index is 2.16. The summed E-state index contributed by atoms with van der Waals surface area (Å²) >= 11 is 3.21. The fraction of sp³-hybridized carbons (Fsp3) is 0.154. The quantitative estimate of drug-likeness (QED) is 0.829. The summed E-state index contributed by atoms with van der Waals surface area (Å²) in [6.07, 6.45) is -1.37. The fourth-order valence-corrected chi connectivity index (χ4v) is 1.90. The van der Waals surface area contributed by atoms with Crippen LogP contribution in [0.3, 0.4) is 0 Å². The van der Waals surface area contributed by atoms with E-state index in [2.05, 4.69) is 20.9 Å². The summed E-state index contributed by atoms with van der Waals surface area (Å²) < 4.78 is 44.3. The normalized spacial score (nSPS) is 11.4. The van der Waals surface area contributed by atoms with Gasteiger partial charge in [-0.3, -0.25) is 4.98 Å². The summed E-state index contributed by atoms with van der Waals surface area (Å²) in [5.74, 6) is 0.409. The van der Waals surface area contributed by atoms with Gasteiger partial charge in [-0.25, -0.2) is 0 Å². The number of alkyl halides is 3. The molecule has 0 fully saturated rings. The first-order chi connectivity index (χ1) is 8.97. The molecule has 0 bridgehead atoms. The maximum Gasteiger partial charge on any atom is 0.416 e. The molecule has 0 spiro atoms. The van der Waals surface area contributed by atoms with Gasteiger partial charge in [0.25, 0.3) is 0 Å². The van der Waals surface area contributed by atoms with Crippen molar-refractivity contribution in [1.29, 1.82) is 0 Å². The van der Waals surface area contributed by atoms with Crippen LogP contribution in [-0.2, 0) is 12.8 Å². The van der Waals surface area contributed by atoms with Gasteiger partial charge in [-0.2, -0.15) is 13.2 Å². The van der Waals surface area contributed by atoms with Crippen molar-refractivity contribution in [2.75, 3.05) is 0 Å². The number of halogens is 4.